The molecule has 0 fully saturated rings. The first-order chi connectivity index (χ1) is 19.7. The summed E-state index contributed by atoms with van der Waals surface area (Å²) in [4.78, 5) is 23.1. The van der Waals surface area contributed by atoms with Crippen LogP contribution in [0.25, 0.3) is 33.6 Å². The molecule has 0 aliphatic heterocycles. The molecule has 5 aromatic rings. The lowest BCUT2D eigenvalue weighted by atomic mass is 10.0. The number of benzene rings is 4. The van der Waals surface area contributed by atoms with Crippen LogP contribution in [0.15, 0.2) is 97.1 Å². The normalized spacial score (nSPS) is 10.9. The molecule has 0 saturated heterocycles. The van der Waals surface area contributed by atoms with Gasteiger partial charge in [0.1, 0.15) is 0 Å². The maximum atomic E-state index is 12.4. The number of nitrogens with zero attached hydrogens (tertiary/aromatic N) is 2. The Kier molecular flexibility index (Phi) is 8.53. The maximum absolute atomic E-state index is 12.4. The minimum atomic E-state index is -0.958. The van der Waals surface area contributed by atoms with Gasteiger partial charge in [-0.15, -0.1) is 0 Å². The zero-order valence-electron chi connectivity index (χ0n) is 22.3. The Morgan fingerprint density at radius 3 is 1.98 bits per heavy atom. The van der Waals surface area contributed by atoms with Gasteiger partial charge in [0.05, 0.1) is 24.4 Å². The van der Waals surface area contributed by atoms with Crippen molar-refractivity contribution in [1.82, 2.24) is 15.1 Å². The summed E-state index contributed by atoms with van der Waals surface area (Å²) in [6, 6.07) is 31.4. The van der Waals surface area contributed by atoms with E-state index >= 15 is 0 Å². The highest BCUT2D eigenvalue weighted by atomic mass is 35.5. The van der Waals surface area contributed by atoms with Crippen LogP contribution >= 0.6 is 23.2 Å². The Labute approximate surface area is 248 Å². The number of aliphatic carboxylic acids is 1. The summed E-state index contributed by atoms with van der Waals surface area (Å²) in [5.41, 5.74) is 8.37. The summed E-state index contributed by atoms with van der Waals surface area (Å²) in [6.45, 7) is 2.61. The third-order valence-electron chi connectivity index (χ3n) is 6.68. The van der Waals surface area contributed by atoms with Crippen molar-refractivity contribution in [2.24, 2.45) is 0 Å². The van der Waals surface area contributed by atoms with E-state index in [0.717, 1.165) is 39.2 Å². The standard InChI is InChI=1S/C33H27Cl2N3O3/c1-21-2-6-23(7-3-21)24-10-12-25(13-11-24)31-19-30(27-16-28(34)18-29(35)17-27)37-38(31)20-22-4-8-26(9-5-22)33(41)36-15-14-32(39)40/h2-13,16-19H,14-15,20H2,1H3,(H,36,41)(H,39,40). The van der Waals surface area contributed by atoms with Crippen LogP contribution in [0, 0.1) is 6.92 Å². The number of hydrogen-bond donors (Lipinski definition) is 2. The van der Waals surface area contributed by atoms with Gasteiger partial charge in [0, 0.05) is 27.7 Å². The van der Waals surface area contributed by atoms with Gasteiger partial charge in [0.2, 0.25) is 0 Å². The third-order valence-corrected chi connectivity index (χ3v) is 7.11. The zero-order chi connectivity index (χ0) is 28.9. The lowest BCUT2D eigenvalue weighted by Gasteiger charge is -2.10. The second-order valence-corrected chi connectivity index (χ2v) is 10.6. The minimum absolute atomic E-state index is 0.0750. The molecule has 1 aromatic heterocycles. The molecule has 5 rings (SSSR count). The topological polar surface area (TPSA) is 84.2 Å². The van der Waals surface area contributed by atoms with Crippen LogP contribution in [0.5, 0.6) is 0 Å². The van der Waals surface area contributed by atoms with Crippen molar-refractivity contribution in [3.8, 4) is 33.6 Å². The minimum Gasteiger partial charge on any atom is -0.481 e. The molecule has 0 radical (unpaired) electrons. The van der Waals surface area contributed by atoms with Crippen molar-refractivity contribution >= 4 is 35.1 Å². The summed E-state index contributed by atoms with van der Waals surface area (Å²) < 4.78 is 1.92. The first kappa shape index (κ1) is 28.1. The molecule has 41 heavy (non-hydrogen) atoms. The van der Waals surface area contributed by atoms with Gasteiger partial charge in [-0.25, -0.2) is 0 Å². The monoisotopic (exact) mass is 583 g/mol. The van der Waals surface area contributed by atoms with Crippen LogP contribution in [-0.2, 0) is 11.3 Å². The van der Waals surface area contributed by atoms with Gasteiger partial charge in [-0.05, 0) is 65.6 Å². The summed E-state index contributed by atoms with van der Waals surface area (Å²) in [6.07, 6.45) is -0.127. The quantitative estimate of drug-likeness (QED) is 0.186. The van der Waals surface area contributed by atoms with E-state index < -0.39 is 5.97 Å². The van der Waals surface area contributed by atoms with Crippen molar-refractivity contribution < 1.29 is 14.7 Å². The number of hydrogen-bond acceptors (Lipinski definition) is 3. The Morgan fingerprint density at radius 1 is 0.780 bits per heavy atom. The zero-order valence-corrected chi connectivity index (χ0v) is 23.8. The molecule has 0 unspecified atom stereocenters. The van der Waals surface area contributed by atoms with E-state index in [1.165, 1.54) is 5.56 Å². The van der Waals surface area contributed by atoms with Gasteiger partial charge in [-0.3, -0.25) is 14.3 Å². The SMILES string of the molecule is Cc1ccc(-c2ccc(-c3cc(-c4cc(Cl)cc(Cl)c4)nn3Cc3ccc(C(=O)NCCC(=O)O)cc3)cc2)cc1. The van der Waals surface area contributed by atoms with E-state index in [4.69, 9.17) is 33.4 Å². The van der Waals surface area contributed by atoms with Crippen LogP contribution < -0.4 is 5.32 Å². The van der Waals surface area contributed by atoms with Crippen molar-refractivity contribution in [2.45, 2.75) is 19.9 Å². The third kappa shape index (κ3) is 7.04. The number of aromatic nitrogens is 2. The smallest absolute Gasteiger partial charge is 0.305 e. The second kappa shape index (κ2) is 12.4. The molecule has 0 saturated carbocycles. The summed E-state index contributed by atoms with van der Waals surface area (Å²) in [7, 11) is 0. The van der Waals surface area contributed by atoms with Crippen LogP contribution in [0.2, 0.25) is 10.0 Å². The van der Waals surface area contributed by atoms with Gasteiger partial charge in [-0.2, -0.15) is 5.10 Å². The molecule has 1 heterocycles. The number of aryl methyl sites for hydroxylation is 1. The van der Waals surface area contributed by atoms with Crippen molar-refractivity contribution in [3.63, 3.8) is 0 Å². The first-order valence-electron chi connectivity index (χ1n) is 13.1. The van der Waals surface area contributed by atoms with Crippen LogP contribution in [0.4, 0.5) is 0 Å². The number of carbonyl (C=O) groups is 2. The predicted octanol–water partition coefficient (Wildman–Crippen LogP) is 7.75. The average Bonchev–Trinajstić information content (AvgIpc) is 3.37. The Hall–Kier alpha value is -4.39. The molecule has 0 bridgehead atoms. The van der Waals surface area contributed by atoms with Crippen molar-refractivity contribution in [2.75, 3.05) is 6.54 Å². The number of carboxylic acid groups (broad SMARTS) is 1. The molecule has 4 aromatic carbocycles. The molecular weight excluding hydrogens is 557 g/mol. The van der Waals surface area contributed by atoms with E-state index in [2.05, 4.69) is 60.8 Å². The van der Waals surface area contributed by atoms with Crippen LogP contribution in [0.3, 0.4) is 0 Å². The fourth-order valence-electron chi connectivity index (χ4n) is 4.51. The van der Waals surface area contributed by atoms with Crippen LogP contribution in [0.1, 0.15) is 27.9 Å². The van der Waals surface area contributed by atoms with Gasteiger partial charge < -0.3 is 10.4 Å². The molecule has 206 valence electrons. The first-order valence-corrected chi connectivity index (χ1v) is 13.8. The number of halogens is 2. The van der Waals surface area contributed by atoms with Gasteiger partial charge in [0.25, 0.3) is 5.91 Å². The van der Waals surface area contributed by atoms with Crippen LogP contribution in [-0.4, -0.2) is 33.3 Å². The van der Waals surface area contributed by atoms with E-state index in [0.29, 0.717) is 22.2 Å². The molecule has 1 amide bonds. The number of carbonyl (C=O) groups excluding carboxylic acids is 1. The fourth-order valence-corrected chi connectivity index (χ4v) is 5.04. The lowest BCUT2D eigenvalue weighted by molar-refractivity contribution is -0.136. The Balaban J connectivity index is 1.44. The molecular formula is C33H27Cl2N3O3. The Bertz CT molecular complexity index is 1670. The van der Waals surface area contributed by atoms with E-state index in [-0.39, 0.29) is 18.9 Å². The summed E-state index contributed by atoms with van der Waals surface area (Å²) >= 11 is 12.6. The molecule has 0 spiro atoms. The van der Waals surface area contributed by atoms with Crippen molar-refractivity contribution in [3.05, 3.63) is 124 Å². The predicted molar refractivity (Wildman–Crippen MR) is 163 cm³/mol. The maximum Gasteiger partial charge on any atom is 0.305 e. The largest absolute Gasteiger partial charge is 0.481 e. The molecule has 2 N–H and O–H groups in total. The van der Waals surface area contributed by atoms with E-state index in [9.17, 15) is 9.59 Å². The highest BCUT2D eigenvalue weighted by Gasteiger charge is 2.14. The van der Waals surface area contributed by atoms with Gasteiger partial charge in [0.15, 0.2) is 0 Å². The molecule has 6 nitrogen and oxygen atoms in total. The highest BCUT2D eigenvalue weighted by Crippen LogP contribution is 2.32. The highest BCUT2D eigenvalue weighted by molar-refractivity contribution is 6.35. The van der Waals surface area contributed by atoms with Gasteiger partial charge >= 0.3 is 5.97 Å². The molecule has 8 heteroatoms. The number of rotatable bonds is 9. The van der Waals surface area contributed by atoms with Gasteiger partial charge in [-0.1, -0.05) is 89.4 Å². The molecule has 0 atom stereocenters. The Morgan fingerprint density at radius 2 is 1.37 bits per heavy atom. The summed E-state index contributed by atoms with van der Waals surface area (Å²) in [5, 5.41) is 17.4. The average molecular weight is 585 g/mol. The fraction of sp³-hybridized carbons (Fsp3) is 0.121. The number of nitrogens with one attached hydrogen (secondary N) is 1. The summed E-state index contributed by atoms with van der Waals surface area (Å²) in [5.74, 6) is -1.27. The number of carboxylic acids is 1. The van der Waals surface area contributed by atoms with Crippen molar-refractivity contribution in [1.29, 1.82) is 0 Å². The number of amides is 1. The molecule has 0 aliphatic carbocycles. The molecule has 0 aliphatic rings. The van der Waals surface area contributed by atoms with E-state index in [1.54, 1.807) is 18.2 Å². The lowest BCUT2D eigenvalue weighted by Crippen LogP contribution is -2.25. The van der Waals surface area contributed by atoms with E-state index in [1.807, 2.05) is 35.0 Å². The second-order valence-electron chi connectivity index (χ2n) is 9.77.